The van der Waals surface area contributed by atoms with Gasteiger partial charge in [0.15, 0.2) is 6.61 Å². The molecule has 1 fully saturated rings. The van der Waals surface area contributed by atoms with E-state index in [0.717, 1.165) is 42.2 Å². The van der Waals surface area contributed by atoms with Crippen LogP contribution in [-0.2, 0) is 19.6 Å². The number of hydrazone groups is 1. The van der Waals surface area contributed by atoms with Gasteiger partial charge in [0.25, 0.3) is 21.8 Å². The molecule has 2 amide bonds. The smallest absolute Gasteiger partial charge is 0.264 e. The van der Waals surface area contributed by atoms with Crippen molar-refractivity contribution in [2.75, 3.05) is 30.5 Å². The summed E-state index contributed by atoms with van der Waals surface area (Å²) in [5.74, 6) is -0.109. The van der Waals surface area contributed by atoms with E-state index in [1.807, 2.05) is 11.8 Å². The zero-order valence-electron chi connectivity index (χ0n) is 23.0. The van der Waals surface area contributed by atoms with Crippen molar-refractivity contribution >= 4 is 45.3 Å². The molecule has 3 aromatic carbocycles. The first-order valence-corrected chi connectivity index (χ1v) is 15.1. The van der Waals surface area contributed by atoms with Crippen LogP contribution in [0.4, 0.5) is 5.69 Å². The maximum atomic E-state index is 13.6. The number of nitrogens with zero attached hydrogens (tertiary/aromatic N) is 3. The van der Waals surface area contributed by atoms with Gasteiger partial charge in [0.05, 0.1) is 16.8 Å². The normalized spacial score (nSPS) is 13.7. The molecule has 0 radical (unpaired) electrons. The molecule has 4 rings (SSSR count). The Kier molecular flexibility index (Phi) is 10.0. The van der Waals surface area contributed by atoms with E-state index in [4.69, 9.17) is 16.3 Å². The molecular formula is C30H33ClN4O5S. The number of nitrogens with one attached hydrogen (secondary N) is 1. The van der Waals surface area contributed by atoms with Gasteiger partial charge in [-0.05, 0) is 92.8 Å². The lowest BCUT2D eigenvalue weighted by molar-refractivity contribution is -0.134. The second kappa shape index (κ2) is 13.6. The summed E-state index contributed by atoms with van der Waals surface area (Å²) in [6, 6.07) is 18.2. The van der Waals surface area contributed by atoms with E-state index in [0.29, 0.717) is 27.6 Å². The molecule has 0 atom stereocenters. The average Bonchev–Trinajstić information content (AvgIpc) is 2.97. The number of piperidine rings is 1. The number of amides is 2. The molecule has 0 spiro atoms. The second-order valence-electron chi connectivity index (χ2n) is 9.85. The first-order valence-electron chi connectivity index (χ1n) is 13.3. The maximum absolute atomic E-state index is 13.6. The molecule has 0 aliphatic carbocycles. The molecule has 0 saturated carbocycles. The van der Waals surface area contributed by atoms with Gasteiger partial charge in [-0.3, -0.25) is 13.9 Å². The van der Waals surface area contributed by atoms with E-state index in [9.17, 15) is 18.0 Å². The molecule has 0 aromatic heterocycles. The Bertz CT molecular complexity index is 1500. The topological polar surface area (TPSA) is 108 Å². The van der Waals surface area contributed by atoms with Gasteiger partial charge < -0.3 is 9.64 Å². The van der Waals surface area contributed by atoms with E-state index in [1.165, 1.54) is 24.4 Å². The van der Waals surface area contributed by atoms with Crippen LogP contribution in [0, 0.1) is 13.8 Å². The van der Waals surface area contributed by atoms with Gasteiger partial charge in [-0.25, -0.2) is 13.8 Å². The maximum Gasteiger partial charge on any atom is 0.264 e. The molecule has 1 heterocycles. The molecule has 216 valence electrons. The Hall–Kier alpha value is -3.89. The summed E-state index contributed by atoms with van der Waals surface area (Å²) < 4.78 is 33.8. The lowest BCUT2D eigenvalue weighted by Gasteiger charge is -2.26. The molecular weight excluding hydrogens is 564 g/mol. The second-order valence-corrected chi connectivity index (χ2v) is 12.1. The molecule has 3 aromatic rings. The van der Waals surface area contributed by atoms with Crippen LogP contribution >= 0.6 is 11.6 Å². The zero-order chi connectivity index (χ0) is 29.4. The van der Waals surface area contributed by atoms with E-state index < -0.39 is 22.5 Å². The van der Waals surface area contributed by atoms with Gasteiger partial charge in [-0.1, -0.05) is 35.4 Å². The molecule has 9 nitrogen and oxygen atoms in total. The standard InChI is InChI=1S/C30H33ClN4O5S/c1-22-6-14-27(15-7-22)41(38,39)35(28-18-25(31)11-8-23(28)2)20-29(36)33-32-19-24-9-12-26(13-10-24)40-21-30(37)34-16-4-3-5-17-34/h6-15,18-19H,3-5,16-17,20-21H2,1-2H3,(H,33,36)/b32-19-. The number of anilines is 1. The van der Waals surface area contributed by atoms with Crippen molar-refractivity contribution in [2.45, 2.75) is 38.0 Å². The highest BCUT2D eigenvalue weighted by molar-refractivity contribution is 7.92. The van der Waals surface area contributed by atoms with Crippen molar-refractivity contribution in [2.24, 2.45) is 5.10 Å². The molecule has 1 saturated heterocycles. The Labute approximate surface area is 245 Å². The number of aryl methyl sites for hydroxylation is 2. The fraction of sp³-hybridized carbons (Fsp3) is 0.300. The number of ether oxygens (including phenoxy) is 1. The van der Waals surface area contributed by atoms with Crippen molar-refractivity contribution in [1.29, 1.82) is 0 Å². The number of likely N-dealkylation sites (tertiary alicyclic amines) is 1. The summed E-state index contributed by atoms with van der Waals surface area (Å²) in [5, 5.41) is 4.33. The Morgan fingerprint density at radius 3 is 2.37 bits per heavy atom. The van der Waals surface area contributed by atoms with E-state index in [1.54, 1.807) is 55.5 Å². The number of rotatable bonds is 10. The first kappa shape index (κ1) is 30.1. The Morgan fingerprint density at radius 1 is 1.00 bits per heavy atom. The fourth-order valence-corrected chi connectivity index (χ4v) is 6.01. The number of sulfonamides is 1. The first-order chi connectivity index (χ1) is 19.6. The highest BCUT2D eigenvalue weighted by Gasteiger charge is 2.28. The molecule has 1 N–H and O–H groups in total. The zero-order valence-corrected chi connectivity index (χ0v) is 24.6. The summed E-state index contributed by atoms with van der Waals surface area (Å²) in [6.07, 6.45) is 4.64. The van der Waals surface area contributed by atoms with Crippen LogP contribution < -0.4 is 14.5 Å². The van der Waals surface area contributed by atoms with Crippen LogP contribution in [0.15, 0.2) is 76.7 Å². The van der Waals surface area contributed by atoms with Gasteiger partial charge >= 0.3 is 0 Å². The summed E-state index contributed by atoms with van der Waals surface area (Å²) in [5.41, 5.74) is 4.92. The van der Waals surface area contributed by atoms with Crippen LogP contribution in [0.1, 0.15) is 36.0 Å². The minimum atomic E-state index is -4.09. The third-order valence-corrected chi connectivity index (χ3v) is 8.70. The summed E-state index contributed by atoms with van der Waals surface area (Å²) in [7, 11) is -4.09. The molecule has 0 unspecified atom stereocenters. The lowest BCUT2D eigenvalue weighted by atomic mass is 10.1. The highest BCUT2D eigenvalue weighted by Crippen LogP contribution is 2.29. The summed E-state index contributed by atoms with van der Waals surface area (Å²) in [6.45, 7) is 4.63. The average molecular weight is 597 g/mol. The number of hydrogen-bond donors (Lipinski definition) is 1. The third-order valence-electron chi connectivity index (χ3n) is 6.69. The van der Waals surface area contributed by atoms with Crippen molar-refractivity contribution in [3.05, 3.63) is 88.4 Å². The molecule has 1 aliphatic heterocycles. The molecule has 1 aliphatic rings. The monoisotopic (exact) mass is 596 g/mol. The van der Waals surface area contributed by atoms with Gasteiger partial charge in [0.1, 0.15) is 12.3 Å². The molecule has 41 heavy (non-hydrogen) atoms. The van der Waals surface area contributed by atoms with E-state index in [-0.39, 0.29) is 17.4 Å². The number of carbonyl (C=O) groups is 2. The van der Waals surface area contributed by atoms with Gasteiger partial charge in [-0.15, -0.1) is 0 Å². The van der Waals surface area contributed by atoms with Crippen LogP contribution in [-0.4, -0.2) is 57.6 Å². The van der Waals surface area contributed by atoms with Crippen molar-refractivity contribution in [3.8, 4) is 5.75 Å². The van der Waals surface area contributed by atoms with Gasteiger partial charge in [0, 0.05) is 18.1 Å². The van der Waals surface area contributed by atoms with Crippen LogP contribution in [0.5, 0.6) is 5.75 Å². The molecule has 0 bridgehead atoms. The lowest BCUT2D eigenvalue weighted by Crippen LogP contribution is -2.40. The fourth-order valence-electron chi connectivity index (χ4n) is 4.36. The van der Waals surface area contributed by atoms with Crippen molar-refractivity contribution in [1.82, 2.24) is 10.3 Å². The Morgan fingerprint density at radius 2 is 1.68 bits per heavy atom. The summed E-state index contributed by atoms with van der Waals surface area (Å²) in [4.78, 5) is 27.0. The largest absolute Gasteiger partial charge is 0.484 e. The van der Waals surface area contributed by atoms with Crippen molar-refractivity contribution in [3.63, 3.8) is 0 Å². The van der Waals surface area contributed by atoms with Crippen LogP contribution in [0.3, 0.4) is 0 Å². The molecule has 11 heteroatoms. The SMILES string of the molecule is Cc1ccc(S(=O)(=O)N(CC(=O)N/N=C\c2ccc(OCC(=O)N3CCCCC3)cc2)c2cc(Cl)ccc2C)cc1. The Balaban J connectivity index is 1.39. The number of carbonyl (C=O) groups excluding carboxylic acids is 2. The number of benzene rings is 3. The van der Waals surface area contributed by atoms with Crippen LogP contribution in [0.25, 0.3) is 0 Å². The number of halogens is 1. The van der Waals surface area contributed by atoms with Crippen molar-refractivity contribution < 1.29 is 22.7 Å². The predicted octanol–water partition coefficient (Wildman–Crippen LogP) is 4.69. The van der Waals surface area contributed by atoms with Crippen LogP contribution in [0.2, 0.25) is 5.02 Å². The third kappa shape index (κ3) is 8.08. The number of hydrogen-bond acceptors (Lipinski definition) is 6. The van der Waals surface area contributed by atoms with E-state index >= 15 is 0 Å². The predicted molar refractivity (Wildman–Crippen MR) is 160 cm³/mol. The minimum absolute atomic E-state index is 0.0163. The summed E-state index contributed by atoms with van der Waals surface area (Å²) >= 11 is 6.17. The quantitative estimate of drug-likeness (QED) is 0.270. The van der Waals surface area contributed by atoms with E-state index in [2.05, 4.69) is 10.5 Å². The minimum Gasteiger partial charge on any atom is -0.484 e. The highest BCUT2D eigenvalue weighted by atomic mass is 35.5. The van der Waals surface area contributed by atoms with Gasteiger partial charge in [-0.2, -0.15) is 5.10 Å². The van der Waals surface area contributed by atoms with Gasteiger partial charge in [0.2, 0.25) is 0 Å².